The molecular weight excluding hydrogens is 195 g/mol. The first-order chi connectivity index (χ1) is 7.18. The van der Waals surface area contributed by atoms with Crippen molar-refractivity contribution < 1.29 is 14.3 Å². The minimum Gasteiger partial charge on any atom is -0.505 e. The molecule has 0 radical (unpaired) electrons. The third-order valence-corrected chi connectivity index (χ3v) is 2.81. The Bertz CT molecular complexity index is 602. The van der Waals surface area contributed by atoms with E-state index in [2.05, 4.69) is 0 Å². The Morgan fingerprint density at radius 3 is 2.93 bits per heavy atom. The number of phenolic OH excluding ortho intramolecular Hbond substituents is 1. The highest BCUT2D eigenvalue weighted by Gasteiger charge is 2.24. The fourth-order valence-corrected chi connectivity index (χ4v) is 2.15. The molecule has 1 N–H and O–H groups in total. The van der Waals surface area contributed by atoms with Crippen LogP contribution >= 0.6 is 0 Å². The quantitative estimate of drug-likeness (QED) is 0.712. The van der Waals surface area contributed by atoms with Crippen LogP contribution in [0.2, 0.25) is 0 Å². The first-order valence-electron chi connectivity index (χ1n) is 4.65. The fourth-order valence-electron chi connectivity index (χ4n) is 2.15. The zero-order chi connectivity index (χ0) is 10.6. The summed E-state index contributed by atoms with van der Waals surface area (Å²) in [6.45, 7) is 0. The third kappa shape index (κ3) is 0.947. The maximum atomic E-state index is 13.6. The lowest BCUT2D eigenvalue weighted by molar-refractivity contribution is 0.0999. The monoisotopic (exact) mass is 202 g/mol. The van der Waals surface area contributed by atoms with Crippen molar-refractivity contribution in [2.45, 2.75) is 6.42 Å². The van der Waals surface area contributed by atoms with Gasteiger partial charge in [-0.3, -0.25) is 4.79 Å². The summed E-state index contributed by atoms with van der Waals surface area (Å²) in [5, 5.41) is 10.3. The molecule has 0 spiro atoms. The van der Waals surface area contributed by atoms with E-state index >= 15 is 0 Å². The van der Waals surface area contributed by atoms with Crippen LogP contribution in [0.15, 0.2) is 24.3 Å². The number of hydrogen-bond donors (Lipinski definition) is 1. The number of benzene rings is 2. The molecule has 3 rings (SSSR count). The van der Waals surface area contributed by atoms with Crippen molar-refractivity contribution in [3.8, 4) is 5.75 Å². The van der Waals surface area contributed by atoms with Crippen molar-refractivity contribution >= 4 is 16.6 Å². The molecule has 2 aromatic carbocycles. The van der Waals surface area contributed by atoms with Crippen molar-refractivity contribution in [1.29, 1.82) is 0 Å². The predicted molar refractivity (Wildman–Crippen MR) is 53.6 cm³/mol. The van der Waals surface area contributed by atoms with E-state index in [1.54, 1.807) is 12.1 Å². The second-order valence-electron chi connectivity index (χ2n) is 3.70. The van der Waals surface area contributed by atoms with Gasteiger partial charge in [-0.2, -0.15) is 0 Å². The molecular formula is C12H7FO2. The number of carbonyl (C=O) groups is 1. The number of ketones is 1. The number of rotatable bonds is 0. The molecule has 0 fully saturated rings. The summed E-state index contributed by atoms with van der Waals surface area (Å²) in [5.41, 5.74) is 1.27. The molecule has 1 aliphatic rings. The van der Waals surface area contributed by atoms with Gasteiger partial charge in [0, 0.05) is 17.4 Å². The van der Waals surface area contributed by atoms with Crippen LogP contribution in [0.4, 0.5) is 4.39 Å². The molecule has 2 nitrogen and oxygen atoms in total. The summed E-state index contributed by atoms with van der Waals surface area (Å²) >= 11 is 0. The summed E-state index contributed by atoms with van der Waals surface area (Å²) in [7, 11) is 0. The predicted octanol–water partition coefficient (Wildman–Crippen LogP) is 2.42. The van der Waals surface area contributed by atoms with Crippen LogP contribution in [0, 0.1) is 5.82 Å². The highest BCUT2D eigenvalue weighted by molar-refractivity contribution is 6.16. The van der Waals surface area contributed by atoms with Crippen LogP contribution < -0.4 is 0 Å². The van der Waals surface area contributed by atoms with Gasteiger partial charge in [0.15, 0.2) is 17.3 Å². The molecule has 0 aliphatic heterocycles. The molecule has 0 amide bonds. The Balaban J connectivity index is 2.59. The maximum absolute atomic E-state index is 13.6. The smallest absolute Gasteiger partial charge is 0.172 e. The van der Waals surface area contributed by atoms with E-state index in [-0.39, 0.29) is 5.78 Å². The lowest BCUT2D eigenvalue weighted by Gasteiger charge is -2.03. The number of phenols is 1. The maximum Gasteiger partial charge on any atom is 0.172 e. The fraction of sp³-hybridized carbons (Fsp3) is 0.0833. The first-order valence-corrected chi connectivity index (χ1v) is 4.65. The molecule has 0 heterocycles. The normalized spacial score (nSPS) is 13.8. The number of aromatic hydroxyl groups is 1. The second-order valence-corrected chi connectivity index (χ2v) is 3.70. The van der Waals surface area contributed by atoms with E-state index in [0.29, 0.717) is 22.8 Å². The first kappa shape index (κ1) is 8.41. The van der Waals surface area contributed by atoms with E-state index < -0.39 is 11.6 Å². The van der Waals surface area contributed by atoms with Gasteiger partial charge >= 0.3 is 0 Å². The summed E-state index contributed by atoms with van der Waals surface area (Å²) < 4.78 is 13.6. The van der Waals surface area contributed by atoms with E-state index in [1.165, 1.54) is 6.07 Å². The highest BCUT2D eigenvalue weighted by Crippen LogP contribution is 2.36. The van der Waals surface area contributed by atoms with Crippen LogP contribution in [-0.4, -0.2) is 10.9 Å². The van der Waals surface area contributed by atoms with Crippen molar-refractivity contribution in [2.75, 3.05) is 0 Å². The highest BCUT2D eigenvalue weighted by atomic mass is 19.1. The third-order valence-electron chi connectivity index (χ3n) is 2.81. The molecule has 74 valence electrons. The van der Waals surface area contributed by atoms with Crippen molar-refractivity contribution in [1.82, 2.24) is 0 Å². The Hall–Kier alpha value is -1.90. The van der Waals surface area contributed by atoms with E-state index in [9.17, 15) is 14.3 Å². The summed E-state index contributed by atoms with van der Waals surface area (Å²) in [6.07, 6.45) is 0.301. The van der Waals surface area contributed by atoms with Gasteiger partial charge in [0.2, 0.25) is 0 Å². The Morgan fingerprint density at radius 1 is 1.33 bits per heavy atom. The van der Waals surface area contributed by atoms with E-state index in [1.807, 2.05) is 6.07 Å². The Kier molecular flexibility index (Phi) is 1.44. The molecule has 15 heavy (non-hydrogen) atoms. The molecule has 0 aromatic heterocycles. The average molecular weight is 202 g/mol. The van der Waals surface area contributed by atoms with Gasteiger partial charge in [0.05, 0.1) is 0 Å². The van der Waals surface area contributed by atoms with Gasteiger partial charge in [-0.1, -0.05) is 18.2 Å². The standard InChI is InChI=1S/C12H7FO2/c13-12-7-3-1-2-6-4-9(14)8(11(6)7)5-10(12)15/h1-3,5,15H,4H2. The number of hydrogen-bond acceptors (Lipinski definition) is 2. The van der Waals surface area contributed by atoms with Gasteiger partial charge in [-0.15, -0.1) is 0 Å². The zero-order valence-electron chi connectivity index (χ0n) is 7.75. The van der Waals surface area contributed by atoms with Gasteiger partial charge in [0.25, 0.3) is 0 Å². The molecule has 3 heteroatoms. The van der Waals surface area contributed by atoms with Crippen molar-refractivity contribution in [3.63, 3.8) is 0 Å². The Morgan fingerprint density at radius 2 is 2.13 bits per heavy atom. The van der Waals surface area contributed by atoms with E-state index in [0.717, 1.165) is 5.56 Å². The molecule has 1 aliphatic carbocycles. The number of carbonyl (C=O) groups excluding carboxylic acids is 1. The molecule has 2 aromatic rings. The summed E-state index contributed by atoms with van der Waals surface area (Å²) in [6, 6.07) is 6.31. The van der Waals surface area contributed by atoms with Crippen LogP contribution in [-0.2, 0) is 6.42 Å². The van der Waals surface area contributed by atoms with Crippen LogP contribution in [0.5, 0.6) is 5.75 Å². The number of halogens is 1. The summed E-state index contributed by atoms with van der Waals surface area (Å²) in [5.74, 6) is -1.16. The summed E-state index contributed by atoms with van der Waals surface area (Å²) in [4.78, 5) is 11.6. The van der Waals surface area contributed by atoms with Crippen molar-refractivity contribution in [3.05, 3.63) is 41.2 Å². The van der Waals surface area contributed by atoms with Crippen LogP contribution in [0.25, 0.3) is 10.8 Å². The minimum atomic E-state index is -0.648. The molecule has 0 atom stereocenters. The van der Waals surface area contributed by atoms with Crippen LogP contribution in [0.3, 0.4) is 0 Å². The SMILES string of the molecule is O=C1Cc2cccc3c(F)c(O)cc1c23. The van der Waals surface area contributed by atoms with Crippen molar-refractivity contribution in [2.24, 2.45) is 0 Å². The molecule has 0 saturated carbocycles. The number of Topliss-reactive ketones (excluding diaryl/α,β-unsaturated/α-hetero) is 1. The molecule has 0 unspecified atom stereocenters. The van der Waals surface area contributed by atoms with Gasteiger partial charge < -0.3 is 5.11 Å². The zero-order valence-corrected chi connectivity index (χ0v) is 7.75. The molecule has 0 bridgehead atoms. The average Bonchev–Trinajstić information content (AvgIpc) is 2.53. The van der Waals surface area contributed by atoms with E-state index in [4.69, 9.17) is 0 Å². The minimum absolute atomic E-state index is 0.0588. The van der Waals surface area contributed by atoms with Crippen LogP contribution in [0.1, 0.15) is 15.9 Å². The Labute approximate surface area is 85.0 Å². The van der Waals surface area contributed by atoms with Gasteiger partial charge in [-0.25, -0.2) is 4.39 Å². The largest absolute Gasteiger partial charge is 0.505 e. The lowest BCUT2D eigenvalue weighted by atomic mass is 10.0. The second kappa shape index (κ2) is 2.57. The topological polar surface area (TPSA) is 37.3 Å². The lowest BCUT2D eigenvalue weighted by Crippen LogP contribution is -1.94. The molecule has 0 saturated heterocycles. The van der Waals surface area contributed by atoms with Gasteiger partial charge in [0.1, 0.15) is 0 Å². The van der Waals surface area contributed by atoms with Gasteiger partial charge in [-0.05, 0) is 17.0 Å².